The SMILES string of the molecule is CNc1ncnc(Nc2c(F)cccc2Br)c1[N+](=O)[O-]. The second-order valence-electron chi connectivity index (χ2n) is 3.65. The highest BCUT2D eigenvalue weighted by Gasteiger charge is 2.23. The Hall–Kier alpha value is -2.29. The van der Waals surface area contributed by atoms with Crippen LogP contribution in [0.1, 0.15) is 0 Å². The van der Waals surface area contributed by atoms with E-state index in [0.717, 1.165) is 6.33 Å². The molecule has 0 aliphatic carbocycles. The molecule has 0 saturated carbocycles. The van der Waals surface area contributed by atoms with Gasteiger partial charge >= 0.3 is 5.69 Å². The summed E-state index contributed by atoms with van der Waals surface area (Å²) in [5, 5.41) is 16.3. The zero-order chi connectivity index (χ0) is 14.7. The van der Waals surface area contributed by atoms with Crippen molar-refractivity contribution in [2.45, 2.75) is 0 Å². The summed E-state index contributed by atoms with van der Waals surface area (Å²) in [6, 6.07) is 4.36. The molecule has 0 unspecified atom stereocenters. The van der Waals surface area contributed by atoms with Crippen LogP contribution in [0.15, 0.2) is 29.0 Å². The summed E-state index contributed by atoms with van der Waals surface area (Å²) in [5.41, 5.74) is -0.290. The van der Waals surface area contributed by atoms with Gasteiger partial charge in [-0.2, -0.15) is 0 Å². The monoisotopic (exact) mass is 341 g/mol. The summed E-state index contributed by atoms with van der Waals surface area (Å²) in [6.07, 6.45) is 1.15. The molecule has 2 rings (SSSR count). The van der Waals surface area contributed by atoms with E-state index < -0.39 is 10.7 Å². The molecule has 1 aromatic carbocycles. The lowest BCUT2D eigenvalue weighted by Crippen LogP contribution is -2.06. The van der Waals surface area contributed by atoms with Gasteiger partial charge in [0.2, 0.25) is 11.6 Å². The third kappa shape index (κ3) is 2.67. The minimum absolute atomic E-state index is 0.0416. The predicted octanol–water partition coefficient (Wildman–Crippen LogP) is 3.07. The first-order valence-corrected chi connectivity index (χ1v) is 6.22. The van der Waals surface area contributed by atoms with E-state index in [9.17, 15) is 14.5 Å². The maximum Gasteiger partial charge on any atom is 0.353 e. The average Bonchev–Trinajstić information content (AvgIpc) is 2.42. The summed E-state index contributed by atoms with van der Waals surface area (Å²) in [5.74, 6) is -0.613. The number of nitrogens with zero attached hydrogens (tertiary/aromatic N) is 3. The molecule has 0 aliphatic rings. The number of nitro groups is 1. The molecule has 0 aliphatic heterocycles. The average molecular weight is 342 g/mol. The van der Waals surface area contributed by atoms with Crippen LogP contribution in [-0.2, 0) is 0 Å². The van der Waals surface area contributed by atoms with Gasteiger partial charge in [-0.1, -0.05) is 6.07 Å². The standard InChI is InChI=1S/C11H9BrFN5O2/c1-14-10-9(18(19)20)11(16-5-15-10)17-8-6(12)3-2-4-7(8)13/h2-5H,1H3,(H2,14,15,16,17). The summed E-state index contributed by atoms with van der Waals surface area (Å²) in [4.78, 5) is 18.0. The van der Waals surface area contributed by atoms with Crippen molar-refractivity contribution in [2.75, 3.05) is 17.7 Å². The molecule has 0 radical (unpaired) electrons. The fourth-order valence-electron chi connectivity index (χ4n) is 1.56. The number of benzene rings is 1. The van der Waals surface area contributed by atoms with Crippen LogP contribution in [0.5, 0.6) is 0 Å². The number of nitrogens with one attached hydrogen (secondary N) is 2. The number of para-hydroxylation sites is 1. The Morgan fingerprint density at radius 2 is 2.05 bits per heavy atom. The molecule has 0 spiro atoms. The smallest absolute Gasteiger partial charge is 0.353 e. The second-order valence-corrected chi connectivity index (χ2v) is 4.50. The molecule has 0 atom stereocenters. The number of rotatable bonds is 4. The quantitative estimate of drug-likeness (QED) is 0.655. The van der Waals surface area contributed by atoms with Gasteiger partial charge in [0.25, 0.3) is 0 Å². The number of hydrogen-bond donors (Lipinski definition) is 2. The maximum absolute atomic E-state index is 13.7. The summed E-state index contributed by atoms with van der Waals surface area (Å²) in [6.45, 7) is 0. The van der Waals surface area contributed by atoms with Crippen molar-refractivity contribution in [3.8, 4) is 0 Å². The fraction of sp³-hybridized carbons (Fsp3) is 0.0909. The first-order chi connectivity index (χ1) is 9.54. The van der Waals surface area contributed by atoms with Crippen molar-refractivity contribution < 1.29 is 9.31 Å². The lowest BCUT2D eigenvalue weighted by atomic mass is 10.3. The van der Waals surface area contributed by atoms with E-state index in [1.54, 1.807) is 6.07 Å². The Morgan fingerprint density at radius 1 is 1.35 bits per heavy atom. The molecule has 0 fully saturated rings. The molecule has 104 valence electrons. The van der Waals surface area contributed by atoms with Gasteiger partial charge in [-0.3, -0.25) is 10.1 Å². The Balaban J connectivity index is 2.51. The van der Waals surface area contributed by atoms with Crippen LogP contribution >= 0.6 is 15.9 Å². The van der Waals surface area contributed by atoms with E-state index in [-0.39, 0.29) is 23.0 Å². The van der Waals surface area contributed by atoms with Crippen LogP contribution in [0.4, 0.5) is 27.4 Å². The molecule has 1 aromatic heterocycles. The third-order valence-corrected chi connectivity index (χ3v) is 3.11. The Labute approximate surface area is 121 Å². The van der Waals surface area contributed by atoms with E-state index >= 15 is 0 Å². The maximum atomic E-state index is 13.7. The molecule has 1 heterocycles. The van der Waals surface area contributed by atoms with E-state index in [1.807, 2.05) is 0 Å². The lowest BCUT2D eigenvalue weighted by Gasteiger charge is -2.10. The number of anilines is 3. The van der Waals surface area contributed by atoms with E-state index in [2.05, 4.69) is 36.5 Å². The van der Waals surface area contributed by atoms with Crippen LogP contribution in [0.25, 0.3) is 0 Å². The molecule has 2 aromatic rings. The van der Waals surface area contributed by atoms with E-state index in [4.69, 9.17) is 0 Å². The van der Waals surface area contributed by atoms with Crippen LogP contribution in [0.2, 0.25) is 0 Å². The largest absolute Gasteiger partial charge is 0.367 e. The molecule has 0 amide bonds. The van der Waals surface area contributed by atoms with Crippen LogP contribution in [0, 0.1) is 15.9 Å². The van der Waals surface area contributed by atoms with Crippen LogP contribution in [-0.4, -0.2) is 21.9 Å². The zero-order valence-corrected chi connectivity index (χ0v) is 11.8. The highest BCUT2D eigenvalue weighted by molar-refractivity contribution is 9.10. The number of aromatic nitrogens is 2. The fourth-order valence-corrected chi connectivity index (χ4v) is 2.00. The van der Waals surface area contributed by atoms with Crippen molar-refractivity contribution in [1.82, 2.24) is 9.97 Å². The van der Waals surface area contributed by atoms with Gasteiger partial charge in [-0.15, -0.1) is 0 Å². The van der Waals surface area contributed by atoms with Crippen molar-refractivity contribution in [3.05, 3.63) is 44.9 Å². The van der Waals surface area contributed by atoms with Crippen molar-refractivity contribution in [3.63, 3.8) is 0 Å². The Morgan fingerprint density at radius 3 is 2.65 bits per heavy atom. The van der Waals surface area contributed by atoms with Gasteiger partial charge in [0.05, 0.1) is 10.6 Å². The molecule has 20 heavy (non-hydrogen) atoms. The minimum atomic E-state index is -0.636. The Bertz CT molecular complexity index is 647. The molecular weight excluding hydrogens is 333 g/mol. The normalized spacial score (nSPS) is 10.2. The second kappa shape index (κ2) is 5.78. The predicted molar refractivity (Wildman–Crippen MR) is 75.6 cm³/mol. The molecule has 7 nitrogen and oxygen atoms in total. The van der Waals surface area contributed by atoms with Crippen LogP contribution < -0.4 is 10.6 Å². The third-order valence-electron chi connectivity index (χ3n) is 2.45. The summed E-state index contributed by atoms with van der Waals surface area (Å²) >= 11 is 3.17. The zero-order valence-electron chi connectivity index (χ0n) is 10.2. The van der Waals surface area contributed by atoms with E-state index in [0.29, 0.717) is 4.47 Å². The Kier molecular flexibility index (Phi) is 4.08. The highest BCUT2D eigenvalue weighted by atomic mass is 79.9. The molecule has 2 N–H and O–H groups in total. The topological polar surface area (TPSA) is 93.0 Å². The molecule has 0 saturated heterocycles. The highest BCUT2D eigenvalue weighted by Crippen LogP contribution is 2.34. The first kappa shape index (κ1) is 14.1. The van der Waals surface area contributed by atoms with Gasteiger partial charge < -0.3 is 10.6 Å². The van der Waals surface area contributed by atoms with Crippen molar-refractivity contribution >= 4 is 38.9 Å². The summed E-state index contributed by atoms with van der Waals surface area (Å²) in [7, 11) is 1.50. The lowest BCUT2D eigenvalue weighted by molar-refractivity contribution is -0.383. The number of halogens is 2. The van der Waals surface area contributed by atoms with Gasteiger partial charge in [0, 0.05) is 11.5 Å². The minimum Gasteiger partial charge on any atom is -0.367 e. The van der Waals surface area contributed by atoms with Gasteiger partial charge in [-0.05, 0) is 28.1 Å². The molecule has 0 bridgehead atoms. The van der Waals surface area contributed by atoms with Crippen molar-refractivity contribution in [2.24, 2.45) is 0 Å². The molecule has 9 heteroatoms. The van der Waals surface area contributed by atoms with Gasteiger partial charge in [0.15, 0.2) is 0 Å². The van der Waals surface area contributed by atoms with Gasteiger partial charge in [0.1, 0.15) is 12.1 Å². The van der Waals surface area contributed by atoms with E-state index in [1.165, 1.54) is 19.2 Å². The van der Waals surface area contributed by atoms with Crippen LogP contribution in [0.3, 0.4) is 0 Å². The first-order valence-electron chi connectivity index (χ1n) is 5.42. The molecular formula is C11H9BrFN5O2. The van der Waals surface area contributed by atoms with Gasteiger partial charge in [-0.25, -0.2) is 14.4 Å². The number of hydrogen-bond acceptors (Lipinski definition) is 6. The van der Waals surface area contributed by atoms with Crippen molar-refractivity contribution in [1.29, 1.82) is 0 Å². The summed E-state index contributed by atoms with van der Waals surface area (Å²) < 4.78 is 14.2.